The topological polar surface area (TPSA) is 51.6 Å². The zero-order chi connectivity index (χ0) is 29.3. The minimum Gasteiger partial charge on any atom is -0.255 e. The fourth-order valence-corrected chi connectivity index (χ4v) is 5.92. The summed E-state index contributed by atoms with van der Waals surface area (Å²) < 4.78 is 0. The van der Waals surface area contributed by atoms with Crippen LogP contribution in [-0.2, 0) is 0 Å². The summed E-state index contributed by atoms with van der Waals surface area (Å²) in [5.74, 6) is 1.85. The molecule has 0 spiro atoms. The smallest absolute Gasteiger partial charge is 0.166 e. The Morgan fingerprint density at radius 3 is 1.41 bits per heavy atom. The van der Waals surface area contributed by atoms with Crippen molar-refractivity contribution in [2.75, 3.05) is 0 Å². The Bertz CT molecular complexity index is 2210. The van der Waals surface area contributed by atoms with Gasteiger partial charge in [0.15, 0.2) is 17.5 Å². The molecule has 0 radical (unpaired) electrons. The quantitative estimate of drug-likeness (QED) is 0.209. The van der Waals surface area contributed by atoms with Crippen molar-refractivity contribution in [1.82, 2.24) is 19.9 Å². The van der Waals surface area contributed by atoms with E-state index in [1.54, 1.807) is 0 Å². The number of fused-ring (bicyclic) bond motifs is 2. The molecular formula is C40H26N4. The van der Waals surface area contributed by atoms with Gasteiger partial charge in [-0.25, -0.2) is 15.0 Å². The summed E-state index contributed by atoms with van der Waals surface area (Å²) in [6.45, 7) is 0. The van der Waals surface area contributed by atoms with E-state index in [2.05, 4.69) is 91.0 Å². The van der Waals surface area contributed by atoms with Gasteiger partial charge in [-0.05, 0) is 45.2 Å². The second kappa shape index (κ2) is 11.0. The van der Waals surface area contributed by atoms with E-state index in [0.29, 0.717) is 17.5 Å². The van der Waals surface area contributed by atoms with Gasteiger partial charge in [-0.15, -0.1) is 0 Å². The number of pyridine rings is 1. The molecule has 0 atom stereocenters. The van der Waals surface area contributed by atoms with E-state index in [1.165, 1.54) is 21.9 Å². The fourth-order valence-electron chi connectivity index (χ4n) is 5.92. The van der Waals surface area contributed by atoms with Gasteiger partial charge in [0.05, 0.1) is 5.52 Å². The van der Waals surface area contributed by atoms with Crippen LogP contribution in [0.5, 0.6) is 0 Å². The average Bonchev–Trinajstić information content (AvgIpc) is 3.11. The Morgan fingerprint density at radius 2 is 0.773 bits per heavy atom. The third-order valence-electron chi connectivity index (χ3n) is 8.01. The van der Waals surface area contributed by atoms with Gasteiger partial charge in [0.2, 0.25) is 0 Å². The first kappa shape index (κ1) is 25.7. The van der Waals surface area contributed by atoms with Gasteiger partial charge < -0.3 is 0 Å². The van der Waals surface area contributed by atoms with Crippen LogP contribution in [0.4, 0.5) is 0 Å². The van der Waals surface area contributed by atoms with Crippen LogP contribution in [0.2, 0.25) is 0 Å². The Morgan fingerprint density at radius 1 is 0.295 bits per heavy atom. The number of benzene rings is 6. The third-order valence-corrected chi connectivity index (χ3v) is 8.01. The minimum absolute atomic E-state index is 0.595. The Kier molecular flexibility index (Phi) is 6.43. The zero-order valence-electron chi connectivity index (χ0n) is 23.8. The zero-order valence-corrected chi connectivity index (χ0v) is 23.8. The molecule has 2 heterocycles. The summed E-state index contributed by atoms with van der Waals surface area (Å²) in [7, 11) is 0. The number of aromatic nitrogens is 4. The van der Waals surface area contributed by atoms with Crippen molar-refractivity contribution in [2.45, 2.75) is 0 Å². The number of hydrogen-bond donors (Lipinski definition) is 0. The lowest BCUT2D eigenvalue weighted by Gasteiger charge is -2.15. The predicted molar refractivity (Wildman–Crippen MR) is 180 cm³/mol. The normalized spacial score (nSPS) is 11.2. The first-order valence-electron chi connectivity index (χ1n) is 14.7. The molecule has 0 bridgehead atoms. The van der Waals surface area contributed by atoms with E-state index in [1.807, 2.05) is 66.9 Å². The molecule has 0 unspecified atom stereocenters. The molecule has 206 valence electrons. The summed E-state index contributed by atoms with van der Waals surface area (Å²) in [5.41, 5.74) is 8.30. The first-order chi connectivity index (χ1) is 21.8. The number of nitrogens with zero attached hydrogens (tertiary/aromatic N) is 4. The standard InChI is InChI=1S/C40H26N4/c1-4-13-27(14-5-1)30-23-24-33(32-20-11-10-19-31(30)32)34-25-26-41-37-35(34)21-12-22-36(37)40-43-38(28-15-6-2-7-16-28)42-39(44-40)29-17-8-3-9-18-29/h1-26H. The van der Waals surface area contributed by atoms with E-state index in [4.69, 9.17) is 19.9 Å². The van der Waals surface area contributed by atoms with Crippen LogP contribution >= 0.6 is 0 Å². The molecule has 4 heteroatoms. The number of rotatable bonds is 5. The van der Waals surface area contributed by atoms with E-state index in [0.717, 1.165) is 38.7 Å². The summed E-state index contributed by atoms with van der Waals surface area (Å²) in [5, 5.41) is 3.46. The van der Waals surface area contributed by atoms with E-state index in [-0.39, 0.29) is 0 Å². The highest BCUT2D eigenvalue weighted by atomic mass is 15.0. The van der Waals surface area contributed by atoms with Crippen LogP contribution < -0.4 is 0 Å². The molecule has 0 N–H and O–H groups in total. The first-order valence-corrected chi connectivity index (χ1v) is 14.7. The highest BCUT2D eigenvalue weighted by Crippen LogP contribution is 2.39. The second-order valence-corrected chi connectivity index (χ2v) is 10.7. The van der Waals surface area contributed by atoms with Gasteiger partial charge in [0, 0.05) is 28.3 Å². The molecule has 0 amide bonds. The average molecular weight is 563 g/mol. The van der Waals surface area contributed by atoms with Crippen LogP contribution in [0.15, 0.2) is 158 Å². The lowest BCUT2D eigenvalue weighted by atomic mass is 9.90. The van der Waals surface area contributed by atoms with Crippen LogP contribution in [-0.4, -0.2) is 19.9 Å². The fraction of sp³-hybridized carbons (Fsp3) is 0. The summed E-state index contributed by atoms with van der Waals surface area (Å²) in [6.07, 6.45) is 1.89. The maximum absolute atomic E-state index is 4.98. The molecule has 6 aromatic carbocycles. The molecule has 8 aromatic rings. The van der Waals surface area contributed by atoms with Crippen LogP contribution in [0.3, 0.4) is 0 Å². The largest absolute Gasteiger partial charge is 0.255 e. The summed E-state index contributed by atoms with van der Waals surface area (Å²) >= 11 is 0. The highest BCUT2D eigenvalue weighted by molar-refractivity contribution is 6.10. The molecule has 8 rings (SSSR count). The maximum atomic E-state index is 4.98. The summed E-state index contributed by atoms with van der Waals surface area (Å²) in [6, 6.07) is 52.1. The molecule has 0 saturated carbocycles. The van der Waals surface area contributed by atoms with Crippen LogP contribution in [0.25, 0.3) is 78.1 Å². The third kappa shape index (κ3) is 4.59. The lowest BCUT2D eigenvalue weighted by molar-refractivity contribution is 1.07. The van der Waals surface area contributed by atoms with E-state index < -0.39 is 0 Å². The van der Waals surface area contributed by atoms with Crippen molar-refractivity contribution in [3.63, 3.8) is 0 Å². The molecule has 0 aliphatic carbocycles. The molecule has 0 aliphatic rings. The number of para-hydroxylation sites is 1. The molecule has 2 aromatic heterocycles. The highest BCUT2D eigenvalue weighted by Gasteiger charge is 2.17. The molecule has 44 heavy (non-hydrogen) atoms. The van der Waals surface area contributed by atoms with E-state index in [9.17, 15) is 0 Å². The van der Waals surface area contributed by atoms with Crippen molar-refractivity contribution in [3.8, 4) is 56.4 Å². The Hall–Kier alpha value is -6.00. The molecule has 4 nitrogen and oxygen atoms in total. The van der Waals surface area contributed by atoms with Crippen molar-refractivity contribution in [3.05, 3.63) is 158 Å². The van der Waals surface area contributed by atoms with Crippen molar-refractivity contribution >= 4 is 21.7 Å². The van der Waals surface area contributed by atoms with Gasteiger partial charge >= 0.3 is 0 Å². The van der Waals surface area contributed by atoms with Gasteiger partial charge in [0.25, 0.3) is 0 Å². The monoisotopic (exact) mass is 562 g/mol. The predicted octanol–water partition coefficient (Wildman–Crippen LogP) is 9.91. The van der Waals surface area contributed by atoms with Crippen LogP contribution in [0, 0.1) is 0 Å². The molecule has 0 saturated heterocycles. The molecule has 0 aliphatic heterocycles. The Balaban J connectivity index is 1.33. The van der Waals surface area contributed by atoms with Gasteiger partial charge in [0.1, 0.15) is 0 Å². The summed E-state index contributed by atoms with van der Waals surface area (Å²) in [4.78, 5) is 19.7. The van der Waals surface area contributed by atoms with Crippen LogP contribution in [0.1, 0.15) is 0 Å². The Labute approximate surface area is 255 Å². The maximum Gasteiger partial charge on any atom is 0.166 e. The van der Waals surface area contributed by atoms with E-state index >= 15 is 0 Å². The van der Waals surface area contributed by atoms with Crippen molar-refractivity contribution < 1.29 is 0 Å². The number of hydrogen-bond acceptors (Lipinski definition) is 4. The minimum atomic E-state index is 0.595. The van der Waals surface area contributed by atoms with Crippen molar-refractivity contribution in [2.24, 2.45) is 0 Å². The second-order valence-electron chi connectivity index (χ2n) is 10.7. The SMILES string of the molecule is c1ccc(-c2nc(-c3ccccc3)nc(-c3cccc4c(-c5ccc(-c6ccccc6)c6ccccc56)ccnc34)n2)cc1. The molecule has 0 fully saturated rings. The van der Waals surface area contributed by atoms with Gasteiger partial charge in [-0.1, -0.05) is 140 Å². The lowest BCUT2D eigenvalue weighted by Crippen LogP contribution is -2.01. The van der Waals surface area contributed by atoms with Gasteiger partial charge in [-0.2, -0.15) is 0 Å². The van der Waals surface area contributed by atoms with Crippen molar-refractivity contribution in [1.29, 1.82) is 0 Å². The molecular weight excluding hydrogens is 536 g/mol. The van der Waals surface area contributed by atoms with Gasteiger partial charge in [-0.3, -0.25) is 4.98 Å².